The number of hydrogen-bond acceptors (Lipinski definition) is 3. The molecule has 0 radical (unpaired) electrons. The summed E-state index contributed by atoms with van der Waals surface area (Å²) in [5, 5.41) is 2.77. The molecule has 0 aromatic rings. The molecule has 2 rings (SSSR count). The highest BCUT2D eigenvalue weighted by Crippen LogP contribution is 2.20. The van der Waals surface area contributed by atoms with Crippen LogP contribution in [-0.2, 0) is 14.4 Å². The van der Waals surface area contributed by atoms with Crippen LogP contribution in [0.25, 0.3) is 0 Å². The maximum Gasteiger partial charge on any atom is 0.239 e. The van der Waals surface area contributed by atoms with Crippen molar-refractivity contribution in [1.29, 1.82) is 0 Å². The van der Waals surface area contributed by atoms with Gasteiger partial charge in [0.2, 0.25) is 17.7 Å². The highest BCUT2D eigenvalue weighted by atomic mass is 16.2. The van der Waals surface area contributed by atoms with Gasteiger partial charge in [0.15, 0.2) is 0 Å². The van der Waals surface area contributed by atoms with E-state index in [1.807, 2.05) is 0 Å². The Morgan fingerprint density at radius 3 is 2.47 bits per heavy atom. The second kappa shape index (κ2) is 6.04. The van der Waals surface area contributed by atoms with Crippen molar-refractivity contribution in [2.45, 2.75) is 26.2 Å². The molecule has 0 atom stereocenters. The lowest BCUT2D eigenvalue weighted by molar-refractivity contribution is -0.141. The summed E-state index contributed by atoms with van der Waals surface area (Å²) < 4.78 is 0. The lowest BCUT2D eigenvalue weighted by atomic mass is 9.95. The summed E-state index contributed by atoms with van der Waals surface area (Å²) >= 11 is 0. The Balaban J connectivity index is 1.89. The number of nitrogens with zero attached hydrogens (tertiary/aromatic N) is 2. The zero-order chi connectivity index (χ0) is 13.8. The summed E-state index contributed by atoms with van der Waals surface area (Å²) in [4.78, 5) is 38.5. The van der Waals surface area contributed by atoms with Crippen molar-refractivity contribution in [3.05, 3.63) is 0 Å². The Bertz CT molecular complexity index is 375. The third kappa shape index (κ3) is 3.45. The SMILES string of the molecule is CC(=O)N1CCC(C(=O)N2CCCNC(=O)C2)CC1. The number of rotatable bonds is 1. The lowest BCUT2D eigenvalue weighted by Crippen LogP contribution is -2.45. The predicted molar refractivity (Wildman–Crippen MR) is 69.2 cm³/mol. The first-order chi connectivity index (χ1) is 9.08. The normalized spacial score (nSPS) is 21.8. The highest BCUT2D eigenvalue weighted by molar-refractivity contribution is 5.86. The Morgan fingerprint density at radius 2 is 1.84 bits per heavy atom. The number of nitrogens with one attached hydrogen (secondary N) is 1. The second-order valence-corrected chi connectivity index (χ2v) is 5.24. The van der Waals surface area contributed by atoms with Gasteiger partial charge in [-0.05, 0) is 19.3 Å². The van der Waals surface area contributed by atoms with Crippen LogP contribution in [-0.4, -0.2) is 60.2 Å². The molecule has 0 aromatic carbocycles. The average molecular weight is 267 g/mol. The molecule has 1 N–H and O–H groups in total. The Morgan fingerprint density at radius 1 is 1.16 bits per heavy atom. The largest absolute Gasteiger partial charge is 0.354 e. The van der Waals surface area contributed by atoms with Crippen molar-refractivity contribution in [3.63, 3.8) is 0 Å². The Kier molecular flexibility index (Phi) is 4.39. The molecule has 2 fully saturated rings. The first kappa shape index (κ1) is 13.8. The monoisotopic (exact) mass is 267 g/mol. The van der Waals surface area contributed by atoms with Gasteiger partial charge in [0, 0.05) is 39.0 Å². The third-order valence-electron chi connectivity index (χ3n) is 3.86. The zero-order valence-electron chi connectivity index (χ0n) is 11.4. The molecule has 0 spiro atoms. The molecular formula is C13H21N3O3. The summed E-state index contributed by atoms with van der Waals surface area (Å²) in [6.07, 6.45) is 2.22. The second-order valence-electron chi connectivity index (χ2n) is 5.24. The van der Waals surface area contributed by atoms with Crippen molar-refractivity contribution in [1.82, 2.24) is 15.1 Å². The van der Waals surface area contributed by atoms with Gasteiger partial charge >= 0.3 is 0 Å². The van der Waals surface area contributed by atoms with E-state index in [1.54, 1.807) is 16.7 Å². The topological polar surface area (TPSA) is 69.7 Å². The van der Waals surface area contributed by atoms with Crippen LogP contribution in [0, 0.1) is 5.92 Å². The van der Waals surface area contributed by atoms with E-state index in [4.69, 9.17) is 0 Å². The van der Waals surface area contributed by atoms with E-state index in [9.17, 15) is 14.4 Å². The van der Waals surface area contributed by atoms with Crippen LogP contribution in [0.5, 0.6) is 0 Å². The number of carbonyl (C=O) groups is 3. The van der Waals surface area contributed by atoms with Crippen LogP contribution >= 0.6 is 0 Å². The van der Waals surface area contributed by atoms with Crippen molar-refractivity contribution < 1.29 is 14.4 Å². The van der Waals surface area contributed by atoms with Gasteiger partial charge in [-0.15, -0.1) is 0 Å². The van der Waals surface area contributed by atoms with Gasteiger partial charge in [0.1, 0.15) is 0 Å². The fraction of sp³-hybridized carbons (Fsp3) is 0.769. The van der Waals surface area contributed by atoms with E-state index < -0.39 is 0 Å². The summed E-state index contributed by atoms with van der Waals surface area (Å²) in [6.45, 7) is 4.31. The van der Waals surface area contributed by atoms with Crippen molar-refractivity contribution in [3.8, 4) is 0 Å². The molecular weight excluding hydrogens is 246 g/mol. The molecule has 6 nitrogen and oxygen atoms in total. The fourth-order valence-corrected chi connectivity index (χ4v) is 2.69. The lowest BCUT2D eigenvalue weighted by Gasteiger charge is -2.33. The molecule has 2 aliphatic rings. The minimum atomic E-state index is -0.0768. The molecule has 0 unspecified atom stereocenters. The van der Waals surface area contributed by atoms with Crippen LogP contribution < -0.4 is 5.32 Å². The van der Waals surface area contributed by atoms with Crippen molar-refractivity contribution in [2.75, 3.05) is 32.7 Å². The van der Waals surface area contributed by atoms with Gasteiger partial charge < -0.3 is 15.1 Å². The van der Waals surface area contributed by atoms with E-state index in [-0.39, 0.29) is 30.2 Å². The zero-order valence-corrected chi connectivity index (χ0v) is 11.4. The molecule has 0 bridgehead atoms. The standard InChI is InChI=1S/C13H21N3O3/c1-10(17)15-7-3-11(4-8-15)13(19)16-6-2-5-14-12(18)9-16/h11H,2-9H2,1H3,(H,14,18). The van der Waals surface area contributed by atoms with E-state index in [0.717, 1.165) is 6.42 Å². The quantitative estimate of drug-likeness (QED) is 0.702. The maximum absolute atomic E-state index is 12.4. The number of carbonyl (C=O) groups excluding carboxylic acids is 3. The summed E-state index contributed by atoms with van der Waals surface area (Å²) in [6, 6.07) is 0. The molecule has 2 heterocycles. The summed E-state index contributed by atoms with van der Waals surface area (Å²) in [5.74, 6) is 0.0221. The highest BCUT2D eigenvalue weighted by Gasteiger charge is 2.30. The number of amides is 3. The number of piperidine rings is 1. The first-order valence-electron chi connectivity index (χ1n) is 6.89. The minimum absolute atomic E-state index is 0.0403. The van der Waals surface area contributed by atoms with E-state index in [1.165, 1.54) is 0 Å². The average Bonchev–Trinajstić information content (AvgIpc) is 2.62. The third-order valence-corrected chi connectivity index (χ3v) is 3.86. The molecule has 2 aliphatic heterocycles. The van der Waals surface area contributed by atoms with Crippen molar-refractivity contribution in [2.24, 2.45) is 5.92 Å². The van der Waals surface area contributed by atoms with Crippen LogP contribution in [0.4, 0.5) is 0 Å². The van der Waals surface area contributed by atoms with Gasteiger partial charge in [0.25, 0.3) is 0 Å². The molecule has 6 heteroatoms. The Labute approximate surface area is 113 Å². The predicted octanol–water partition coefficient (Wildman–Crippen LogP) is -0.407. The van der Waals surface area contributed by atoms with Crippen LogP contribution in [0.1, 0.15) is 26.2 Å². The minimum Gasteiger partial charge on any atom is -0.354 e. The molecule has 106 valence electrons. The first-order valence-corrected chi connectivity index (χ1v) is 6.89. The summed E-state index contributed by atoms with van der Waals surface area (Å²) in [5.41, 5.74) is 0. The smallest absolute Gasteiger partial charge is 0.239 e. The molecule has 0 saturated carbocycles. The molecule has 3 amide bonds. The van der Waals surface area contributed by atoms with E-state index in [0.29, 0.717) is 39.0 Å². The van der Waals surface area contributed by atoms with E-state index in [2.05, 4.69) is 5.32 Å². The van der Waals surface area contributed by atoms with Crippen LogP contribution in [0.15, 0.2) is 0 Å². The molecule has 0 aliphatic carbocycles. The fourth-order valence-electron chi connectivity index (χ4n) is 2.69. The van der Waals surface area contributed by atoms with Gasteiger partial charge in [0.05, 0.1) is 6.54 Å². The number of hydrogen-bond donors (Lipinski definition) is 1. The summed E-state index contributed by atoms with van der Waals surface area (Å²) in [7, 11) is 0. The number of likely N-dealkylation sites (tertiary alicyclic amines) is 1. The van der Waals surface area contributed by atoms with Crippen LogP contribution in [0.2, 0.25) is 0 Å². The Hall–Kier alpha value is -1.59. The van der Waals surface area contributed by atoms with Gasteiger partial charge in [-0.2, -0.15) is 0 Å². The van der Waals surface area contributed by atoms with Gasteiger partial charge in [-0.25, -0.2) is 0 Å². The van der Waals surface area contributed by atoms with Crippen molar-refractivity contribution >= 4 is 17.7 Å². The maximum atomic E-state index is 12.4. The molecule has 19 heavy (non-hydrogen) atoms. The molecule has 2 saturated heterocycles. The van der Waals surface area contributed by atoms with Gasteiger partial charge in [-0.1, -0.05) is 0 Å². The van der Waals surface area contributed by atoms with Crippen LogP contribution in [0.3, 0.4) is 0 Å². The molecule has 0 aromatic heterocycles. The van der Waals surface area contributed by atoms with Gasteiger partial charge in [-0.3, -0.25) is 14.4 Å². The van der Waals surface area contributed by atoms with E-state index >= 15 is 0 Å².